The Balaban J connectivity index is 1.31. The molecule has 1 aromatic carbocycles. The average molecular weight is 810 g/mol. The van der Waals surface area contributed by atoms with Crippen LogP contribution in [0.25, 0.3) is 0 Å². The Morgan fingerprint density at radius 3 is 2.23 bits per heavy atom. The number of ether oxygens (including phenoxy) is 1. The number of carbonyl (C=O) groups excluding carboxylic acids is 2. The molecule has 0 amide bonds. The summed E-state index contributed by atoms with van der Waals surface area (Å²) in [6, 6.07) is 8.03. The first kappa shape index (κ1) is 44.3. The Labute approximate surface area is 348 Å². The number of likely N-dealkylation sites (N-methyl/N-ethyl adjacent to an activating group) is 1. The first-order valence-electron chi connectivity index (χ1n) is 22.0. The monoisotopic (exact) mass is 809 g/mol. The van der Waals surface area contributed by atoms with Gasteiger partial charge in [-0.1, -0.05) is 77.8 Å². The molecule has 6 rings (SSSR count). The number of hydrogen-bond acceptors (Lipinski definition) is 7. The van der Waals surface area contributed by atoms with E-state index in [1.54, 1.807) is 13.8 Å². The van der Waals surface area contributed by atoms with Crippen molar-refractivity contribution in [1.82, 2.24) is 9.80 Å². The van der Waals surface area contributed by atoms with Gasteiger partial charge in [0, 0.05) is 43.0 Å². The van der Waals surface area contributed by atoms with Crippen LogP contribution in [-0.4, -0.2) is 83.7 Å². The standard InChI is InChI=1S/C48H73ClN2O6/c1-29(2)41-35(52)24-32-33(36(53)28-51(23-22-50(10)11)27-30-12-14-31(49)15-13-30)25-48(9)34(42(32)41)16-17-38-46(7)20-19-39(57-40(54)26-44(3,4)43(55)56)45(5,6)37(46)18-21-47(38,48)8/h12-15,29,32-34,36-39,53H,16-28H2,1-11H3,(H,55,56)/t32?,33-,34+,36+,37-,38+,39-,46-,47+,48+/m0/s1. The van der Waals surface area contributed by atoms with Gasteiger partial charge in [0.15, 0.2) is 5.78 Å². The molecule has 4 fully saturated rings. The molecule has 2 N–H and O–H groups in total. The second kappa shape index (κ2) is 16.0. The summed E-state index contributed by atoms with van der Waals surface area (Å²) in [5.41, 5.74) is 2.08. The number of halogens is 1. The molecule has 5 aliphatic rings. The molecule has 0 aromatic heterocycles. The Morgan fingerprint density at radius 2 is 1.61 bits per heavy atom. The molecule has 5 aliphatic carbocycles. The number of carbonyl (C=O) groups is 3. The molecule has 4 saturated carbocycles. The van der Waals surface area contributed by atoms with E-state index in [1.807, 2.05) is 12.1 Å². The number of aliphatic hydroxyl groups excluding tert-OH is 1. The minimum absolute atomic E-state index is 0.0101. The second-order valence-corrected chi connectivity index (χ2v) is 22.1. The predicted molar refractivity (Wildman–Crippen MR) is 227 cm³/mol. The molecule has 9 heteroatoms. The van der Waals surface area contributed by atoms with Crippen molar-refractivity contribution < 1.29 is 29.3 Å². The smallest absolute Gasteiger partial charge is 0.309 e. The number of rotatable bonds is 13. The van der Waals surface area contributed by atoms with E-state index in [9.17, 15) is 24.6 Å². The number of aliphatic carboxylic acids is 1. The van der Waals surface area contributed by atoms with E-state index in [4.69, 9.17) is 16.3 Å². The van der Waals surface area contributed by atoms with Crippen molar-refractivity contribution >= 4 is 29.3 Å². The number of ketones is 1. The topological polar surface area (TPSA) is 107 Å². The summed E-state index contributed by atoms with van der Waals surface area (Å²) >= 11 is 6.25. The normalized spacial score (nSPS) is 35.5. The van der Waals surface area contributed by atoms with Crippen LogP contribution in [0.5, 0.6) is 0 Å². The molecule has 0 bridgehead atoms. The number of hydrogen-bond donors (Lipinski definition) is 2. The van der Waals surface area contributed by atoms with Gasteiger partial charge in [0.2, 0.25) is 0 Å². The Hall–Kier alpha value is -2.26. The van der Waals surface area contributed by atoms with E-state index in [0.29, 0.717) is 41.5 Å². The maximum absolute atomic E-state index is 14.1. The summed E-state index contributed by atoms with van der Waals surface area (Å²) in [6.45, 7) is 22.7. The summed E-state index contributed by atoms with van der Waals surface area (Å²) in [5, 5.41) is 23.0. The molecule has 8 nitrogen and oxygen atoms in total. The van der Waals surface area contributed by atoms with Crippen molar-refractivity contribution in [2.75, 3.05) is 33.7 Å². The summed E-state index contributed by atoms with van der Waals surface area (Å²) < 4.78 is 6.21. The zero-order valence-corrected chi connectivity index (χ0v) is 37.7. The van der Waals surface area contributed by atoms with Gasteiger partial charge in [0.05, 0.1) is 17.9 Å². The minimum Gasteiger partial charge on any atom is -0.481 e. The quantitative estimate of drug-likeness (QED) is 0.190. The van der Waals surface area contributed by atoms with Crippen LogP contribution in [-0.2, 0) is 25.7 Å². The lowest BCUT2D eigenvalue weighted by molar-refractivity contribution is -0.237. The molecule has 0 spiro atoms. The van der Waals surface area contributed by atoms with Crippen LogP contribution in [0.4, 0.5) is 0 Å². The highest BCUT2D eigenvalue weighted by Crippen LogP contribution is 2.76. The lowest BCUT2D eigenvalue weighted by Crippen LogP contribution is -2.66. The SMILES string of the molecule is CC(C)C1=C2C(CC1=O)[C@@H]([C@H](O)CN(CCN(C)C)Cc1ccc(Cl)cc1)C[C@]1(C)[C@@H]2CC[C@@H]2[C@@]3(C)CC[C@H](OC(=O)CC(C)(C)C(=O)O)C(C)(C)[C@@H]3CC[C@]21C. The third-order valence-corrected chi connectivity index (χ3v) is 17.2. The highest BCUT2D eigenvalue weighted by atomic mass is 35.5. The molecule has 57 heavy (non-hydrogen) atoms. The first-order valence-corrected chi connectivity index (χ1v) is 22.3. The number of fused-ring (bicyclic) bond motifs is 7. The van der Waals surface area contributed by atoms with E-state index in [-0.39, 0.29) is 51.9 Å². The van der Waals surface area contributed by atoms with Gasteiger partial charge in [-0.2, -0.15) is 0 Å². The van der Waals surface area contributed by atoms with E-state index >= 15 is 0 Å². The van der Waals surface area contributed by atoms with Gasteiger partial charge < -0.3 is 19.8 Å². The van der Waals surface area contributed by atoms with Crippen molar-refractivity contribution in [1.29, 1.82) is 0 Å². The van der Waals surface area contributed by atoms with Crippen LogP contribution in [0, 0.1) is 62.6 Å². The van der Waals surface area contributed by atoms with Gasteiger partial charge >= 0.3 is 11.9 Å². The molecule has 0 saturated heterocycles. The van der Waals surface area contributed by atoms with Gasteiger partial charge in [-0.05, 0) is 148 Å². The Morgan fingerprint density at radius 1 is 0.947 bits per heavy atom. The van der Waals surface area contributed by atoms with E-state index in [2.05, 4.69) is 84.5 Å². The third-order valence-electron chi connectivity index (χ3n) is 16.9. The van der Waals surface area contributed by atoms with Crippen LogP contribution in [0.3, 0.4) is 0 Å². The maximum atomic E-state index is 14.1. The number of nitrogens with zero attached hydrogens (tertiary/aromatic N) is 2. The van der Waals surface area contributed by atoms with Crippen LogP contribution in [0.15, 0.2) is 35.4 Å². The van der Waals surface area contributed by atoms with Crippen LogP contribution in [0.1, 0.15) is 126 Å². The zero-order chi connectivity index (χ0) is 42.0. The number of esters is 1. The molecular formula is C48H73ClN2O6. The molecule has 1 aromatic rings. The maximum Gasteiger partial charge on any atom is 0.309 e. The van der Waals surface area contributed by atoms with E-state index in [1.165, 1.54) is 11.1 Å². The van der Waals surface area contributed by atoms with Crippen molar-refractivity contribution in [2.24, 2.45) is 62.6 Å². The summed E-state index contributed by atoms with van der Waals surface area (Å²) in [4.78, 5) is 43.6. The second-order valence-electron chi connectivity index (χ2n) is 21.7. The number of aliphatic hydroxyl groups is 1. The summed E-state index contributed by atoms with van der Waals surface area (Å²) in [6.07, 6.45) is 6.42. The molecule has 0 radical (unpaired) electrons. The molecule has 0 heterocycles. The first-order chi connectivity index (χ1) is 26.5. The minimum atomic E-state index is -1.18. The van der Waals surface area contributed by atoms with Crippen molar-refractivity contribution in [3.05, 3.63) is 46.0 Å². The molecule has 318 valence electrons. The highest BCUT2D eigenvalue weighted by molar-refractivity contribution is 6.30. The van der Waals surface area contributed by atoms with Gasteiger partial charge in [0.1, 0.15) is 6.10 Å². The van der Waals surface area contributed by atoms with Crippen LogP contribution < -0.4 is 0 Å². The van der Waals surface area contributed by atoms with E-state index < -0.39 is 23.5 Å². The number of carboxylic acids is 1. The average Bonchev–Trinajstić information content (AvgIpc) is 3.45. The van der Waals surface area contributed by atoms with Crippen molar-refractivity contribution in [3.63, 3.8) is 0 Å². The summed E-state index contributed by atoms with van der Waals surface area (Å²) in [7, 11) is 4.18. The van der Waals surface area contributed by atoms with Gasteiger partial charge in [-0.3, -0.25) is 19.3 Å². The molecular weight excluding hydrogens is 736 g/mol. The zero-order valence-electron chi connectivity index (χ0n) is 36.9. The number of carboxylic acid groups (broad SMARTS) is 1. The largest absolute Gasteiger partial charge is 0.481 e. The fourth-order valence-electron chi connectivity index (χ4n) is 13.8. The number of benzene rings is 1. The lowest BCUT2D eigenvalue weighted by atomic mass is 9.33. The fourth-order valence-corrected chi connectivity index (χ4v) is 13.9. The Bertz CT molecular complexity index is 1720. The molecule has 0 aliphatic heterocycles. The summed E-state index contributed by atoms with van der Waals surface area (Å²) in [5.74, 6) is 0.199. The molecule has 10 atom stereocenters. The van der Waals surface area contributed by atoms with Crippen molar-refractivity contribution in [3.8, 4) is 0 Å². The number of Topliss-reactive ketones (excluding diaryl/α,β-unsaturated/α-hetero) is 1. The highest BCUT2D eigenvalue weighted by Gasteiger charge is 2.70. The van der Waals surface area contributed by atoms with Crippen LogP contribution in [0.2, 0.25) is 5.02 Å². The molecule has 1 unspecified atom stereocenters. The predicted octanol–water partition coefficient (Wildman–Crippen LogP) is 9.31. The third kappa shape index (κ3) is 7.92. The Kier molecular flexibility index (Phi) is 12.4. The van der Waals surface area contributed by atoms with Gasteiger partial charge in [0.25, 0.3) is 0 Å². The fraction of sp³-hybridized carbons (Fsp3) is 0.771. The van der Waals surface area contributed by atoms with E-state index in [0.717, 1.165) is 70.2 Å². The van der Waals surface area contributed by atoms with Crippen LogP contribution >= 0.6 is 11.6 Å². The lowest BCUT2D eigenvalue weighted by Gasteiger charge is -2.72. The van der Waals surface area contributed by atoms with Gasteiger partial charge in [-0.15, -0.1) is 0 Å². The van der Waals surface area contributed by atoms with Gasteiger partial charge in [-0.25, -0.2) is 0 Å². The van der Waals surface area contributed by atoms with Crippen molar-refractivity contribution in [2.45, 2.75) is 139 Å². The number of allylic oxidation sites excluding steroid dienone is 2.